The van der Waals surface area contributed by atoms with Gasteiger partial charge < -0.3 is 9.84 Å². The molecule has 0 radical (unpaired) electrons. The molecule has 0 amide bonds. The fourth-order valence-electron chi connectivity index (χ4n) is 2.15. The molecule has 130 valence electrons. The molecule has 0 aliphatic heterocycles. The average molecular weight is 361 g/mol. The number of rotatable bonds is 7. The molecule has 25 heavy (non-hydrogen) atoms. The molecule has 0 aliphatic carbocycles. The van der Waals surface area contributed by atoms with Crippen molar-refractivity contribution in [2.24, 2.45) is 0 Å². The Kier molecular flexibility index (Phi) is 6.13. The molecule has 0 atom stereocenters. The van der Waals surface area contributed by atoms with Gasteiger partial charge in [0.2, 0.25) is 0 Å². The molecular weight excluding hydrogens is 346 g/mol. The first kappa shape index (κ1) is 18.5. The zero-order chi connectivity index (χ0) is 18.4. The van der Waals surface area contributed by atoms with E-state index in [2.05, 4.69) is 4.74 Å². The van der Waals surface area contributed by atoms with Crippen molar-refractivity contribution in [2.45, 2.75) is 22.6 Å². The first-order valence-electron chi connectivity index (χ1n) is 7.26. The number of ether oxygens (including phenoxy) is 1. The maximum absolute atomic E-state index is 11.4. The third-order valence-electron chi connectivity index (χ3n) is 3.40. The molecule has 0 saturated carbocycles. The van der Waals surface area contributed by atoms with Crippen LogP contribution in [0.15, 0.2) is 52.3 Å². The van der Waals surface area contributed by atoms with E-state index < -0.39 is 16.9 Å². The van der Waals surface area contributed by atoms with Gasteiger partial charge in [-0.05, 0) is 30.2 Å². The number of aryl methyl sites for hydroxylation is 1. The predicted octanol–water partition coefficient (Wildman–Crippen LogP) is 3.55. The molecule has 0 aromatic heterocycles. The standard InChI is InChI=1S/C17H15NO6S/c1-24-16(19)9-7-11-6-8-15(13(10-11)18(22)23)25-14-5-3-2-4-12(14)17(20)21/h2-6,8,10H,7,9H2,1H3,(H,20,21). The van der Waals surface area contributed by atoms with Crippen molar-refractivity contribution < 1.29 is 24.4 Å². The number of benzene rings is 2. The van der Waals surface area contributed by atoms with Crippen LogP contribution >= 0.6 is 11.8 Å². The van der Waals surface area contributed by atoms with Crippen LogP contribution in [0, 0.1) is 10.1 Å². The molecule has 0 spiro atoms. The normalized spacial score (nSPS) is 10.3. The van der Waals surface area contributed by atoms with Crippen LogP contribution in [-0.4, -0.2) is 29.1 Å². The van der Waals surface area contributed by atoms with Gasteiger partial charge in [0, 0.05) is 17.4 Å². The van der Waals surface area contributed by atoms with Gasteiger partial charge in [-0.1, -0.05) is 30.0 Å². The minimum absolute atomic E-state index is 0.0802. The van der Waals surface area contributed by atoms with Crippen LogP contribution in [-0.2, 0) is 16.0 Å². The zero-order valence-electron chi connectivity index (χ0n) is 13.3. The van der Waals surface area contributed by atoms with E-state index in [0.29, 0.717) is 21.8 Å². The van der Waals surface area contributed by atoms with Gasteiger partial charge in [-0.3, -0.25) is 14.9 Å². The van der Waals surface area contributed by atoms with E-state index in [-0.39, 0.29) is 17.7 Å². The van der Waals surface area contributed by atoms with Crippen LogP contribution in [0.5, 0.6) is 0 Å². The predicted molar refractivity (Wildman–Crippen MR) is 91.0 cm³/mol. The Morgan fingerprint density at radius 3 is 2.56 bits per heavy atom. The number of carbonyl (C=O) groups is 2. The van der Waals surface area contributed by atoms with E-state index in [1.54, 1.807) is 30.3 Å². The average Bonchev–Trinajstić information content (AvgIpc) is 2.60. The third-order valence-corrected chi connectivity index (χ3v) is 4.54. The van der Waals surface area contributed by atoms with Crippen LogP contribution in [0.1, 0.15) is 22.3 Å². The van der Waals surface area contributed by atoms with Crippen molar-refractivity contribution in [3.8, 4) is 0 Å². The summed E-state index contributed by atoms with van der Waals surface area (Å²) in [5.41, 5.74) is 0.581. The van der Waals surface area contributed by atoms with E-state index in [1.165, 1.54) is 19.2 Å². The number of carboxylic acid groups (broad SMARTS) is 1. The molecule has 0 bridgehead atoms. The van der Waals surface area contributed by atoms with Gasteiger partial charge in [0.15, 0.2) is 0 Å². The molecule has 7 nitrogen and oxygen atoms in total. The molecular formula is C17H15NO6S. The summed E-state index contributed by atoms with van der Waals surface area (Å²) in [7, 11) is 1.28. The SMILES string of the molecule is COC(=O)CCc1ccc(Sc2ccccc2C(=O)O)c([N+](=O)[O-])c1. The van der Waals surface area contributed by atoms with Gasteiger partial charge in [-0.2, -0.15) is 0 Å². The van der Waals surface area contributed by atoms with E-state index in [1.807, 2.05) is 0 Å². The van der Waals surface area contributed by atoms with Gasteiger partial charge in [0.25, 0.3) is 5.69 Å². The molecule has 0 fully saturated rings. The maximum atomic E-state index is 11.4. The number of nitrogens with zero attached hydrogens (tertiary/aromatic N) is 1. The highest BCUT2D eigenvalue weighted by Gasteiger charge is 2.19. The molecule has 1 N–H and O–H groups in total. The van der Waals surface area contributed by atoms with E-state index in [0.717, 1.165) is 11.8 Å². The molecule has 0 unspecified atom stereocenters. The second-order valence-corrected chi connectivity index (χ2v) is 6.12. The summed E-state index contributed by atoms with van der Waals surface area (Å²) in [6.45, 7) is 0. The molecule has 0 heterocycles. The smallest absolute Gasteiger partial charge is 0.336 e. The van der Waals surface area contributed by atoms with Gasteiger partial charge in [-0.25, -0.2) is 4.79 Å². The Labute approximate surface area is 147 Å². The highest BCUT2D eigenvalue weighted by molar-refractivity contribution is 7.99. The number of methoxy groups -OCH3 is 1. The number of nitro benzene ring substituents is 1. The second-order valence-electron chi connectivity index (χ2n) is 5.04. The Bertz CT molecular complexity index is 821. The van der Waals surface area contributed by atoms with Crippen molar-refractivity contribution >= 4 is 29.4 Å². The largest absolute Gasteiger partial charge is 0.478 e. The summed E-state index contributed by atoms with van der Waals surface area (Å²) >= 11 is 1.02. The van der Waals surface area contributed by atoms with Crippen LogP contribution in [0.3, 0.4) is 0 Å². The van der Waals surface area contributed by atoms with E-state index in [4.69, 9.17) is 0 Å². The molecule has 0 saturated heterocycles. The highest BCUT2D eigenvalue weighted by Crippen LogP contribution is 2.37. The van der Waals surface area contributed by atoms with E-state index >= 15 is 0 Å². The quantitative estimate of drug-likeness (QED) is 0.456. The molecule has 8 heteroatoms. The Balaban J connectivity index is 2.31. The van der Waals surface area contributed by atoms with Crippen LogP contribution < -0.4 is 0 Å². The number of hydrogen-bond donors (Lipinski definition) is 1. The van der Waals surface area contributed by atoms with Crippen molar-refractivity contribution in [1.82, 2.24) is 0 Å². The van der Waals surface area contributed by atoms with Crippen molar-refractivity contribution in [3.05, 3.63) is 63.7 Å². The second kappa shape index (κ2) is 8.29. The fraction of sp³-hybridized carbons (Fsp3) is 0.176. The summed E-state index contributed by atoms with van der Waals surface area (Å²) in [5, 5.41) is 20.6. The lowest BCUT2D eigenvalue weighted by atomic mass is 10.1. The van der Waals surface area contributed by atoms with E-state index in [9.17, 15) is 24.8 Å². The lowest BCUT2D eigenvalue weighted by molar-refractivity contribution is -0.387. The monoisotopic (exact) mass is 361 g/mol. The maximum Gasteiger partial charge on any atom is 0.336 e. The topological polar surface area (TPSA) is 107 Å². The zero-order valence-corrected chi connectivity index (χ0v) is 14.1. The Morgan fingerprint density at radius 1 is 1.20 bits per heavy atom. The van der Waals surface area contributed by atoms with Gasteiger partial charge in [0.05, 0.1) is 22.5 Å². The lowest BCUT2D eigenvalue weighted by Gasteiger charge is -2.08. The summed E-state index contributed by atoms with van der Waals surface area (Å²) < 4.78 is 4.56. The van der Waals surface area contributed by atoms with Crippen LogP contribution in [0.4, 0.5) is 5.69 Å². The van der Waals surface area contributed by atoms with Crippen molar-refractivity contribution in [3.63, 3.8) is 0 Å². The summed E-state index contributed by atoms with van der Waals surface area (Å²) in [6.07, 6.45) is 0.451. The first-order chi connectivity index (χ1) is 11.9. The van der Waals surface area contributed by atoms with Crippen molar-refractivity contribution in [1.29, 1.82) is 0 Å². The molecule has 2 aromatic carbocycles. The highest BCUT2D eigenvalue weighted by atomic mass is 32.2. The number of carbonyl (C=O) groups excluding carboxylic acids is 1. The molecule has 2 aromatic rings. The number of aromatic carboxylic acids is 1. The number of hydrogen-bond acceptors (Lipinski definition) is 6. The number of carboxylic acids is 1. The number of esters is 1. The van der Waals surface area contributed by atoms with Gasteiger partial charge in [0.1, 0.15) is 0 Å². The molecule has 2 rings (SSSR count). The Hall–Kier alpha value is -2.87. The van der Waals surface area contributed by atoms with Gasteiger partial charge >= 0.3 is 11.9 Å². The minimum atomic E-state index is -1.10. The molecule has 0 aliphatic rings. The summed E-state index contributed by atoms with van der Waals surface area (Å²) in [5.74, 6) is -1.49. The van der Waals surface area contributed by atoms with Crippen LogP contribution in [0.2, 0.25) is 0 Å². The summed E-state index contributed by atoms with van der Waals surface area (Å²) in [4.78, 5) is 34.1. The van der Waals surface area contributed by atoms with Gasteiger partial charge in [-0.15, -0.1) is 0 Å². The minimum Gasteiger partial charge on any atom is -0.478 e. The van der Waals surface area contributed by atoms with Crippen LogP contribution in [0.25, 0.3) is 0 Å². The van der Waals surface area contributed by atoms with Crippen molar-refractivity contribution in [2.75, 3.05) is 7.11 Å². The Morgan fingerprint density at radius 2 is 1.92 bits per heavy atom. The first-order valence-corrected chi connectivity index (χ1v) is 8.08. The lowest BCUT2D eigenvalue weighted by Crippen LogP contribution is -2.02. The number of nitro groups is 1. The fourth-order valence-corrected chi connectivity index (χ4v) is 3.17. The summed E-state index contributed by atoms with van der Waals surface area (Å²) in [6, 6.07) is 11.0. The third kappa shape index (κ3) is 4.80.